The van der Waals surface area contributed by atoms with Crippen LogP contribution in [0, 0.1) is 0 Å². The molecule has 0 saturated heterocycles. The molecule has 27 heavy (non-hydrogen) atoms. The first-order valence-corrected chi connectivity index (χ1v) is 9.88. The van der Waals surface area contributed by atoms with Gasteiger partial charge in [-0.2, -0.15) is 0 Å². The largest absolute Gasteiger partial charge is 0.378 e. The number of nitrogens with zero attached hydrogens (tertiary/aromatic N) is 4. The van der Waals surface area contributed by atoms with Gasteiger partial charge in [-0.05, 0) is 40.6 Å². The zero-order chi connectivity index (χ0) is 18.8. The van der Waals surface area contributed by atoms with Crippen molar-refractivity contribution in [3.63, 3.8) is 0 Å². The van der Waals surface area contributed by atoms with Gasteiger partial charge in [-0.25, -0.2) is 0 Å². The second kappa shape index (κ2) is 7.45. The number of hydrogen-bond acceptors (Lipinski definition) is 4. The molecule has 0 fully saturated rings. The highest BCUT2D eigenvalue weighted by atomic mass is 32.2. The SMILES string of the molecule is CN(C)c1ccc(-c2nnc(SCc3cccc4ccccc34)n2C)cc1. The van der Waals surface area contributed by atoms with Gasteiger partial charge >= 0.3 is 0 Å². The molecule has 1 aromatic heterocycles. The van der Waals surface area contributed by atoms with E-state index in [1.54, 1.807) is 11.8 Å². The van der Waals surface area contributed by atoms with Gasteiger partial charge < -0.3 is 9.47 Å². The Labute approximate surface area is 163 Å². The summed E-state index contributed by atoms with van der Waals surface area (Å²) in [4.78, 5) is 2.09. The highest BCUT2D eigenvalue weighted by molar-refractivity contribution is 7.98. The average Bonchev–Trinajstić information content (AvgIpc) is 3.07. The van der Waals surface area contributed by atoms with Gasteiger partial charge in [-0.3, -0.25) is 0 Å². The molecule has 0 aliphatic heterocycles. The number of rotatable bonds is 5. The number of fused-ring (bicyclic) bond motifs is 1. The molecule has 0 saturated carbocycles. The molecule has 0 N–H and O–H groups in total. The van der Waals surface area contributed by atoms with E-state index in [2.05, 4.69) is 86.4 Å². The van der Waals surface area contributed by atoms with E-state index in [1.165, 1.54) is 22.0 Å². The normalized spacial score (nSPS) is 11.1. The van der Waals surface area contributed by atoms with Crippen molar-refractivity contribution in [2.75, 3.05) is 19.0 Å². The summed E-state index contributed by atoms with van der Waals surface area (Å²) < 4.78 is 2.07. The zero-order valence-electron chi connectivity index (χ0n) is 15.8. The predicted octanol–water partition coefficient (Wildman–Crippen LogP) is 4.99. The molecule has 1 heterocycles. The number of thioether (sulfide) groups is 1. The highest BCUT2D eigenvalue weighted by Gasteiger charge is 2.12. The van der Waals surface area contributed by atoms with E-state index in [1.807, 2.05) is 21.1 Å². The Bertz CT molecular complexity index is 1060. The number of anilines is 1. The fraction of sp³-hybridized carbons (Fsp3) is 0.182. The maximum Gasteiger partial charge on any atom is 0.191 e. The average molecular weight is 375 g/mol. The molecule has 0 spiro atoms. The first-order valence-electron chi connectivity index (χ1n) is 8.90. The molecule has 0 aliphatic rings. The third-order valence-electron chi connectivity index (χ3n) is 4.71. The lowest BCUT2D eigenvalue weighted by molar-refractivity contribution is 0.794. The molecule has 0 amide bonds. The summed E-state index contributed by atoms with van der Waals surface area (Å²) in [6, 6.07) is 23.4. The van der Waals surface area contributed by atoms with Crippen LogP contribution >= 0.6 is 11.8 Å². The predicted molar refractivity (Wildman–Crippen MR) is 114 cm³/mol. The molecule has 0 atom stereocenters. The summed E-state index contributed by atoms with van der Waals surface area (Å²) in [5.41, 5.74) is 3.57. The maximum atomic E-state index is 4.41. The van der Waals surface area contributed by atoms with Crippen LogP contribution < -0.4 is 4.90 Å². The lowest BCUT2D eigenvalue weighted by Gasteiger charge is -2.12. The zero-order valence-corrected chi connectivity index (χ0v) is 16.6. The third kappa shape index (κ3) is 3.55. The van der Waals surface area contributed by atoms with Crippen LogP contribution in [0.3, 0.4) is 0 Å². The van der Waals surface area contributed by atoms with Crippen molar-refractivity contribution in [2.45, 2.75) is 10.9 Å². The van der Waals surface area contributed by atoms with Crippen LogP contribution in [-0.4, -0.2) is 28.9 Å². The first-order chi connectivity index (χ1) is 13.1. The second-order valence-electron chi connectivity index (χ2n) is 6.73. The standard InChI is InChI=1S/C22H22N4S/c1-25(2)19-13-11-17(12-14-19)21-23-24-22(26(21)3)27-15-18-9-6-8-16-7-4-5-10-20(16)18/h4-14H,15H2,1-3H3. The highest BCUT2D eigenvalue weighted by Crippen LogP contribution is 2.29. The van der Waals surface area contributed by atoms with E-state index in [0.717, 1.165) is 22.3 Å². The molecule has 5 heteroatoms. The van der Waals surface area contributed by atoms with Crippen LogP contribution in [0.15, 0.2) is 71.9 Å². The summed E-state index contributed by atoms with van der Waals surface area (Å²) in [5, 5.41) is 12.3. The molecule has 0 radical (unpaired) electrons. The molecule has 4 aromatic rings. The van der Waals surface area contributed by atoms with Crippen LogP contribution in [0.1, 0.15) is 5.56 Å². The van der Waals surface area contributed by atoms with Crippen molar-refractivity contribution in [2.24, 2.45) is 7.05 Å². The second-order valence-corrected chi connectivity index (χ2v) is 7.68. The first kappa shape index (κ1) is 17.6. The summed E-state index contributed by atoms with van der Waals surface area (Å²) >= 11 is 1.72. The van der Waals surface area contributed by atoms with E-state index in [0.29, 0.717) is 0 Å². The van der Waals surface area contributed by atoms with Crippen LogP contribution in [0.2, 0.25) is 0 Å². The molecule has 0 unspecified atom stereocenters. The van der Waals surface area contributed by atoms with E-state index in [9.17, 15) is 0 Å². The van der Waals surface area contributed by atoms with Crippen molar-refractivity contribution >= 4 is 28.2 Å². The van der Waals surface area contributed by atoms with Gasteiger partial charge in [0, 0.05) is 38.1 Å². The fourth-order valence-corrected chi connectivity index (χ4v) is 4.08. The molecule has 3 aromatic carbocycles. The van der Waals surface area contributed by atoms with Crippen molar-refractivity contribution in [1.29, 1.82) is 0 Å². The van der Waals surface area contributed by atoms with E-state index in [-0.39, 0.29) is 0 Å². The Hall–Kier alpha value is -2.79. The summed E-state index contributed by atoms with van der Waals surface area (Å²) in [6.45, 7) is 0. The third-order valence-corrected chi connectivity index (χ3v) is 5.78. The monoisotopic (exact) mass is 374 g/mol. The minimum absolute atomic E-state index is 0.868. The number of aromatic nitrogens is 3. The summed E-state index contributed by atoms with van der Waals surface area (Å²) in [6.07, 6.45) is 0. The Morgan fingerprint density at radius 1 is 0.889 bits per heavy atom. The lowest BCUT2D eigenvalue weighted by Crippen LogP contribution is -2.08. The van der Waals surface area contributed by atoms with Crippen molar-refractivity contribution in [3.05, 3.63) is 72.3 Å². The molecular formula is C22H22N4S. The van der Waals surface area contributed by atoms with Gasteiger partial charge in [0.15, 0.2) is 11.0 Å². The van der Waals surface area contributed by atoms with E-state index in [4.69, 9.17) is 0 Å². The number of benzene rings is 3. The Morgan fingerprint density at radius 3 is 2.41 bits per heavy atom. The summed E-state index contributed by atoms with van der Waals surface area (Å²) in [7, 11) is 6.11. The van der Waals surface area contributed by atoms with Crippen LogP contribution in [0.4, 0.5) is 5.69 Å². The smallest absolute Gasteiger partial charge is 0.191 e. The van der Waals surface area contributed by atoms with Gasteiger partial charge in [0.2, 0.25) is 0 Å². The van der Waals surface area contributed by atoms with E-state index < -0.39 is 0 Å². The Kier molecular flexibility index (Phi) is 4.86. The minimum atomic E-state index is 0.868. The number of hydrogen-bond donors (Lipinski definition) is 0. The lowest BCUT2D eigenvalue weighted by atomic mass is 10.1. The van der Waals surface area contributed by atoms with Crippen LogP contribution in [0.5, 0.6) is 0 Å². The minimum Gasteiger partial charge on any atom is -0.378 e. The molecular weight excluding hydrogens is 352 g/mol. The van der Waals surface area contributed by atoms with Crippen molar-refractivity contribution in [3.8, 4) is 11.4 Å². The van der Waals surface area contributed by atoms with Crippen molar-refractivity contribution < 1.29 is 0 Å². The molecule has 4 nitrogen and oxygen atoms in total. The quantitative estimate of drug-likeness (QED) is 0.461. The van der Waals surface area contributed by atoms with Crippen LogP contribution in [-0.2, 0) is 12.8 Å². The van der Waals surface area contributed by atoms with Crippen molar-refractivity contribution in [1.82, 2.24) is 14.8 Å². The summed E-state index contributed by atoms with van der Waals surface area (Å²) in [5.74, 6) is 1.76. The Morgan fingerprint density at radius 2 is 1.63 bits per heavy atom. The van der Waals surface area contributed by atoms with E-state index >= 15 is 0 Å². The van der Waals surface area contributed by atoms with Gasteiger partial charge in [0.1, 0.15) is 0 Å². The maximum absolute atomic E-state index is 4.41. The van der Waals surface area contributed by atoms with Crippen LogP contribution in [0.25, 0.3) is 22.2 Å². The molecule has 0 aliphatic carbocycles. The Balaban J connectivity index is 1.55. The van der Waals surface area contributed by atoms with Gasteiger partial charge in [-0.15, -0.1) is 10.2 Å². The molecule has 4 rings (SSSR count). The van der Waals surface area contributed by atoms with Gasteiger partial charge in [0.05, 0.1) is 0 Å². The fourth-order valence-electron chi connectivity index (χ4n) is 3.16. The molecule has 136 valence electrons. The molecule has 0 bridgehead atoms. The topological polar surface area (TPSA) is 34.0 Å². The van der Waals surface area contributed by atoms with Gasteiger partial charge in [-0.1, -0.05) is 54.2 Å². The van der Waals surface area contributed by atoms with Gasteiger partial charge in [0.25, 0.3) is 0 Å².